The van der Waals surface area contributed by atoms with E-state index in [0.29, 0.717) is 34.0 Å². The first-order chi connectivity index (χ1) is 19.7. The number of nitrogens with one attached hydrogen (secondary N) is 2. The zero-order valence-electron chi connectivity index (χ0n) is 21.7. The average molecular weight is 529 g/mol. The van der Waals surface area contributed by atoms with Crippen LogP contribution in [0, 0.1) is 0 Å². The highest BCUT2D eigenvalue weighted by molar-refractivity contribution is 6.07. The van der Waals surface area contributed by atoms with Crippen LogP contribution in [-0.4, -0.2) is 11.8 Å². The molecule has 5 rings (SSSR count). The van der Waals surface area contributed by atoms with Crippen LogP contribution in [-0.2, 0) is 13.2 Å². The number of benzene rings is 5. The maximum atomic E-state index is 13.1. The summed E-state index contributed by atoms with van der Waals surface area (Å²) in [5, 5.41) is 5.91. The Morgan fingerprint density at radius 3 is 1.15 bits per heavy atom. The molecule has 6 heteroatoms. The zero-order chi connectivity index (χ0) is 27.6. The van der Waals surface area contributed by atoms with Crippen LogP contribution >= 0.6 is 0 Å². The predicted octanol–water partition coefficient (Wildman–Crippen LogP) is 7.35. The van der Waals surface area contributed by atoms with Crippen molar-refractivity contribution in [2.24, 2.45) is 0 Å². The molecule has 0 spiro atoms. The van der Waals surface area contributed by atoms with Crippen molar-refractivity contribution in [1.82, 2.24) is 0 Å². The van der Waals surface area contributed by atoms with Gasteiger partial charge in [0, 0.05) is 23.3 Å². The summed E-state index contributed by atoms with van der Waals surface area (Å²) in [7, 11) is 0. The summed E-state index contributed by atoms with van der Waals surface area (Å²) >= 11 is 0. The van der Waals surface area contributed by atoms with E-state index in [1.165, 1.54) is 0 Å². The SMILES string of the molecule is O=C(Nc1cc(OCc2ccccc2)c(NC(=O)c2ccccc2)cc1OCc1ccccc1)c1ccccc1. The van der Waals surface area contributed by atoms with Gasteiger partial charge in [0.05, 0.1) is 11.4 Å². The van der Waals surface area contributed by atoms with Crippen LogP contribution in [0.2, 0.25) is 0 Å². The molecule has 0 saturated carbocycles. The van der Waals surface area contributed by atoms with Crippen molar-refractivity contribution in [3.05, 3.63) is 156 Å². The van der Waals surface area contributed by atoms with E-state index in [9.17, 15) is 9.59 Å². The maximum Gasteiger partial charge on any atom is 0.255 e. The Bertz CT molecular complexity index is 1440. The van der Waals surface area contributed by atoms with Crippen LogP contribution in [0.25, 0.3) is 0 Å². The molecule has 6 nitrogen and oxygen atoms in total. The van der Waals surface area contributed by atoms with Crippen LogP contribution in [0.5, 0.6) is 11.5 Å². The third-order valence-electron chi connectivity index (χ3n) is 6.12. The number of amides is 2. The first-order valence-electron chi connectivity index (χ1n) is 12.9. The highest BCUT2D eigenvalue weighted by atomic mass is 16.5. The first kappa shape index (κ1) is 26.3. The van der Waals surface area contributed by atoms with Gasteiger partial charge >= 0.3 is 0 Å². The smallest absolute Gasteiger partial charge is 0.255 e. The summed E-state index contributed by atoms with van der Waals surface area (Å²) in [6.07, 6.45) is 0. The van der Waals surface area contributed by atoms with Crippen molar-refractivity contribution in [1.29, 1.82) is 0 Å². The predicted molar refractivity (Wildman–Crippen MR) is 157 cm³/mol. The molecule has 2 amide bonds. The first-order valence-corrected chi connectivity index (χ1v) is 12.9. The third kappa shape index (κ3) is 6.94. The van der Waals surface area contributed by atoms with Crippen molar-refractivity contribution in [3.63, 3.8) is 0 Å². The summed E-state index contributed by atoms with van der Waals surface area (Å²) in [5.41, 5.74) is 3.77. The Balaban J connectivity index is 1.50. The minimum atomic E-state index is -0.291. The van der Waals surface area contributed by atoms with E-state index in [-0.39, 0.29) is 25.0 Å². The molecular formula is C34H28N2O4. The van der Waals surface area contributed by atoms with Gasteiger partial charge < -0.3 is 20.1 Å². The molecule has 40 heavy (non-hydrogen) atoms. The molecule has 0 saturated heterocycles. The topological polar surface area (TPSA) is 76.7 Å². The number of rotatable bonds is 10. The molecule has 0 fully saturated rings. The standard InChI is InChI=1S/C34H28N2O4/c37-33(27-17-9-3-10-18-27)35-29-22-32(40-24-26-15-7-2-8-16-26)30(36-34(38)28-19-11-4-12-20-28)21-31(29)39-23-25-13-5-1-6-14-25/h1-22H,23-24H2,(H,35,37)(H,36,38). The van der Waals surface area contributed by atoms with Crippen molar-refractivity contribution >= 4 is 23.2 Å². The van der Waals surface area contributed by atoms with Crippen molar-refractivity contribution < 1.29 is 19.1 Å². The van der Waals surface area contributed by atoms with Crippen LogP contribution < -0.4 is 20.1 Å². The summed E-state index contributed by atoms with van der Waals surface area (Å²) in [5.74, 6) is 0.201. The third-order valence-corrected chi connectivity index (χ3v) is 6.12. The Labute approximate surface area is 233 Å². The Morgan fingerprint density at radius 2 is 0.800 bits per heavy atom. The van der Waals surface area contributed by atoms with Crippen molar-refractivity contribution in [2.75, 3.05) is 10.6 Å². The van der Waals surface area contributed by atoms with E-state index in [0.717, 1.165) is 11.1 Å². The van der Waals surface area contributed by atoms with Gasteiger partial charge in [-0.25, -0.2) is 0 Å². The normalized spacial score (nSPS) is 10.4. The lowest BCUT2D eigenvalue weighted by atomic mass is 10.1. The number of carbonyl (C=O) groups excluding carboxylic acids is 2. The number of anilines is 2. The average Bonchev–Trinajstić information content (AvgIpc) is 3.02. The van der Waals surface area contributed by atoms with Gasteiger partial charge in [0.1, 0.15) is 24.7 Å². The van der Waals surface area contributed by atoms with Crippen molar-refractivity contribution in [2.45, 2.75) is 13.2 Å². The molecule has 2 N–H and O–H groups in total. The van der Waals surface area contributed by atoms with Gasteiger partial charge in [-0.1, -0.05) is 97.1 Å². The van der Waals surface area contributed by atoms with E-state index in [2.05, 4.69) is 10.6 Å². The molecule has 0 aromatic heterocycles. The van der Waals surface area contributed by atoms with E-state index in [1.54, 1.807) is 60.7 Å². The lowest BCUT2D eigenvalue weighted by Crippen LogP contribution is -2.15. The largest absolute Gasteiger partial charge is 0.487 e. The van der Waals surface area contributed by atoms with Crippen LogP contribution in [0.4, 0.5) is 11.4 Å². The summed E-state index contributed by atoms with van der Waals surface area (Å²) < 4.78 is 12.4. The number of hydrogen-bond donors (Lipinski definition) is 2. The fraction of sp³-hybridized carbons (Fsp3) is 0.0588. The molecule has 0 bridgehead atoms. The fourth-order valence-corrected chi connectivity index (χ4v) is 4.03. The Morgan fingerprint density at radius 1 is 0.475 bits per heavy atom. The molecule has 0 aliphatic carbocycles. The van der Waals surface area contributed by atoms with Gasteiger partial charge in [-0.05, 0) is 35.4 Å². The van der Waals surface area contributed by atoms with Gasteiger partial charge in [-0.2, -0.15) is 0 Å². The van der Waals surface area contributed by atoms with Crippen molar-refractivity contribution in [3.8, 4) is 11.5 Å². The molecule has 0 atom stereocenters. The molecular weight excluding hydrogens is 500 g/mol. The van der Waals surface area contributed by atoms with Crippen LogP contribution in [0.15, 0.2) is 133 Å². The molecule has 0 aliphatic heterocycles. The Hall–Kier alpha value is -5.36. The lowest BCUT2D eigenvalue weighted by Gasteiger charge is -2.19. The molecule has 0 radical (unpaired) electrons. The second-order valence-corrected chi connectivity index (χ2v) is 9.03. The van der Waals surface area contributed by atoms with Gasteiger partial charge in [0.2, 0.25) is 0 Å². The molecule has 5 aromatic carbocycles. The van der Waals surface area contributed by atoms with E-state index in [1.807, 2.05) is 72.8 Å². The summed E-state index contributed by atoms with van der Waals surface area (Å²) in [6.45, 7) is 0.538. The molecule has 0 heterocycles. The minimum Gasteiger partial charge on any atom is -0.487 e. The molecule has 0 unspecified atom stereocenters. The van der Waals surface area contributed by atoms with Gasteiger partial charge in [-0.15, -0.1) is 0 Å². The number of hydrogen-bond acceptors (Lipinski definition) is 4. The molecule has 5 aromatic rings. The lowest BCUT2D eigenvalue weighted by molar-refractivity contribution is 0.101. The highest BCUT2D eigenvalue weighted by Gasteiger charge is 2.18. The number of ether oxygens (including phenoxy) is 2. The van der Waals surface area contributed by atoms with Crippen LogP contribution in [0.1, 0.15) is 31.8 Å². The molecule has 0 aliphatic rings. The highest BCUT2D eigenvalue weighted by Crippen LogP contribution is 2.38. The zero-order valence-corrected chi connectivity index (χ0v) is 21.7. The second kappa shape index (κ2) is 12.9. The summed E-state index contributed by atoms with van der Waals surface area (Å²) in [6, 6.07) is 40.7. The van der Waals surface area contributed by atoms with Gasteiger partial charge in [0.25, 0.3) is 11.8 Å². The van der Waals surface area contributed by atoms with E-state index >= 15 is 0 Å². The minimum absolute atomic E-state index is 0.269. The maximum absolute atomic E-state index is 13.1. The van der Waals surface area contributed by atoms with Crippen LogP contribution in [0.3, 0.4) is 0 Å². The monoisotopic (exact) mass is 528 g/mol. The second-order valence-electron chi connectivity index (χ2n) is 9.03. The fourth-order valence-electron chi connectivity index (χ4n) is 4.03. The van der Waals surface area contributed by atoms with E-state index in [4.69, 9.17) is 9.47 Å². The van der Waals surface area contributed by atoms with Gasteiger partial charge in [-0.3, -0.25) is 9.59 Å². The quantitative estimate of drug-likeness (QED) is 0.199. The molecule has 198 valence electrons. The summed E-state index contributed by atoms with van der Waals surface area (Å²) in [4.78, 5) is 26.2. The Kier molecular flexibility index (Phi) is 8.49. The number of carbonyl (C=O) groups is 2. The van der Waals surface area contributed by atoms with Gasteiger partial charge in [0.15, 0.2) is 0 Å². The van der Waals surface area contributed by atoms with E-state index < -0.39 is 0 Å².